The molecule has 0 heterocycles. The van der Waals surface area contributed by atoms with Gasteiger partial charge in [-0.05, 0) is 18.3 Å². The molecular weight excluding hydrogens is 148 g/mol. The van der Waals surface area contributed by atoms with E-state index in [4.69, 9.17) is 0 Å². The summed E-state index contributed by atoms with van der Waals surface area (Å²) in [5.41, 5.74) is 0. The molecule has 0 spiro atoms. The number of carbonyl (C=O) groups is 1. The summed E-state index contributed by atoms with van der Waals surface area (Å²) in [6.07, 6.45) is 6.82. The molecule has 0 saturated heterocycles. The van der Waals surface area contributed by atoms with Gasteiger partial charge in [0.2, 0.25) is 0 Å². The standard InChI is InChI=1S/C11H20O/c1-3-11(12)8-7-10-6-4-5-9(10)2/h9-10H,3-8H2,1-2H3/t9-,10+/m1/s1. The summed E-state index contributed by atoms with van der Waals surface area (Å²) in [7, 11) is 0. The van der Waals surface area contributed by atoms with Crippen molar-refractivity contribution >= 4 is 5.78 Å². The smallest absolute Gasteiger partial charge is 0.132 e. The van der Waals surface area contributed by atoms with E-state index in [0.29, 0.717) is 5.78 Å². The van der Waals surface area contributed by atoms with Gasteiger partial charge in [-0.1, -0.05) is 33.1 Å². The van der Waals surface area contributed by atoms with Gasteiger partial charge < -0.3 is 0 Å². The first-order chi connectivity index (χ1) is 5.74. The van der Waals surface area contributed by atoms with E-state index >= 15 is 0 Å². The Morgan fingerprint density at radius 2 is 2.17 bits per heavy atom. The van der Waals surface area contributed by atoms with Gasteiger partial charge in [0.1, 0.15) is 5.78 Å². The molecule has 0 bridgehead atoms. The fourth-order valence-electron chi connectivity index (χ4n) is 2.17. The summed E-state index contributed by atoms with van der Waals surface area (Å²) < 4.78 is 0. The summed E-state index contributed by atoms with van der Waals surface area (Å²) in [5.74, 6) is 2.16. The molecule has 1 heteroatoms. The maximum Gasteiger partial charge on any atom is 0.132 e. The zero-order chi connectivity index (χ0) is 8.97. The number of rotatable bonds is 4. The number of ketones is 1. The Bertz CT molecular complexity index is 151. The zero-order valence-corrected chi connectivity index (χ0v) is 8.31. The van der Waals surface area contributed by atoms with E-state index < -0.39 is 0 Å². The summed E-state index contributed by atoms with van der Waals surface area (Å²) in [6.45, 7) is 4.29. The topological polar surface area (TPSA) is 17.1 Å². The second kappa shape index (κ2) is 4.64. The van der Waals surface area contributed by atoms with Crippen LogP contribution in [0.25, 0.3) is 0 Å². The minimum Gasteiger partial charge on any atom is -0.300 e. The largest absolute Gasteiger partial charge is 0.300 e. The average molecular weight is 168 g/mol. The number of hydrogen-bond donors (Lipinski definition) is 0. The minimum atomic E-state index is 0.439. The molecule has 2 atom stereocenters. The van der Waals surface area contributed by atoms with Gasteiger partial charge >= 0.3 is 0 Å². The molecule has 0 radical (unpaired) electrons. The molecule has 0 aromatic rings. The van der Waals surface area contributed by atoms with Crippen molar-refractivity contribution in [1.29, 1.82) is 0 Å². The minimum absolute atomic E-state index is 0.439. The van der Waals surface area contributed by atoms with Crippen LogP contribution in [0.15, 0.2) is 0 Å². The van der Waals surface area contributed by atoms with Crippen molar-refractivity contribution in [2.45, 2.75) is 52.4 Å². The lowest BCUT2D eigenvalue weighted by molar-refractivity contribution is -0.119. The molecule has 1 fully saturated rings. The quantitative estimate of drug-likeness (QED) is 0.630. The van der Waals surface area contributed by atoms with E-state index in [9.17, 15) is 4.79 Å². The van der Waals surface area contributed by atoms with E-state index in [1.807, 2.05) is 6.92 Å². The maximum atomic E-state index is 11.1. The lowest BCUT2D eigenvalue weighted by atomic mass is 9.92. The third-order valence-corrected chi connectivity index (χ3v) is 3.23. The Morgan fingerprint density at radius 1 is 1.42 bits per heavy atom. The molecule has 1 nitrogen and oxygen atoms in total. The predicted octanol–water partition coefficient (Wildman–Crippen LogP) is 3.18. The zero-order valence-electron chi connectivity index (χ0n) is 8.31. The molecule has 1 aliphatic carbocycles. The first-order valence-corrected chi connectivity index (χ1v) is 5.25. The SMILES string of the molecule is CCC(=O)CC[C@@H]1CCC[C@H]1C. The van der Waals surface area contributed by atoms with Crippen LogP contribution in [0.3, 0.4) is 0 Å². The second-order valence-electron chi connectivity index (χ2n) is 4.10. The number of hydrogen-bond acceptors (Lipinski definition) is 1. The molecule has 0 N–H and O–H groups in total. The summed E-state index contributed by atoms with van der Waals surface area (Å²) in [4.78, 5) is 11.1. The van der Waals surface area contributed by atoms with Crippen LogP contribution in [0.1, 0.15) is 52.4 Å². The third-order valence-electron chi connectivity index (χ3n) is 3.23. The summed E-state index contributed by atoms with van der Waals surface area (Å²) in [5, 5.41) is 0. The molecule has 0 unspecified atom stereocenters. The lowest BCUT2D eigenvalue weighted by Crippen LogP contribution is -2.06. The number of Topliss-reactive ketones (excluding diaryl/α,β-unsaturated/α-hetero) is 1. The van der Waals surface area contributed by atoms with Crippen LogP contribution in [0, 0.1) is 11.8 Å². The van der Waals surface area contributed by atoms with Gasteiger partial charge in [-0.2, -0.15) is 0 Å². The first-order valence-electron chi connectivity index (χ1n) is 5.25. The van der Waals surface area contributed by atoms with Crippen molar-refractivity contribution in [3.63, 3.8) is 0 Å². The van der Waals surface area contributed by atoms with Crippen molar-refractivity contribution < 1.29 is 4.79 Å². The second-order valence-corrected chi connectivity index (χ2v) is 4.10. The third kappa shape index (κ3) is 2.62. The highest BCUT2D eigenvalue weighted by atomic mass is 16.1. The van der Waals surface area contributed by atoms with Crippen LogP contribution < -0.4 is 0 Å². The van der Waals surface area contributed by atoms with Crippen molar-refractivity contribution in [3.8, 4) is 0 Å². The Balaban J connectivity index is 2.18. The van der Waals surface area contributed by atoms with Gasteiger partial charge in [-0.15, -0.1) is 0 Å². The molecule has 0 aliphatic heterocycles. The van der Waals surface area contributed by atoms with E-state index in [1.165, 1.54) is 19.3 Å². The normalized spacial score (nSPS) is 29.2. The van der Waals surface area contributed by atoms with Gasteiger partial charge in [-0.25, -0.2) is 0 Å². The fourth-order valence-corrected chi connectivity index (χ4v) is 2.17. The van der Waals surface area contributed by atoms with Gasteiger partial charge in [0.15, 0.2) is 0 Å². The van der Waals surface area contributed by atoms with Crippen LogP contribution in [0.4, 0.5) is 0 Å². The van der Waals surface area contributed by atoms with E-state index in [2.05, 4.69) is 6.92 Å². The van der Waals surface area contributed by atoms with Crippen LogP contribution in [-0.2, 0) is 4.79 Å². The molecule has 12 heavy (non-hydrogen) atoms. The molecule has 0 aromatic heterocycles. The van der Waals surface area contributed by atoms with Gasteiger partial charge in [0, 0.05) is 12.8 Å². The molecule has 0 aromatic carbocycles. The Hall–Kier alpha value is -0.330. The molecule has 1 rings (SSSR count). The van der Waals surface area contributed by atoms with Crippen molar-refractivity contribution in [2.24, 2.45) is 11.8 Å². The highest BCUT2D eigenvalue weighted by molar-refractivity contribution is 5.77. The van der Waals surface area contributed by atoms with Crippen molar-refractivity contribution in [1.82, 2.24) is 0 Å². The molecule has 0 amide bonds. The van der Waals surface area contributed by atoms with E-state index in [0.717, 1.165) is 31.1 Å². The van der Waals surface area contributed by atoms with Crippen LogP contribution in [0.2, 0.25) is 0 Å². The Labute approximate surface area is 75.5 Å². The maximum absolute atomic E-state index is 11.1. The van der Waals surface area contributed by atoms with Crippen LogP contribution >= 0.6 is 0 Å². The Morgan fingerprint density at radius 3 is 2.67 bits per heavy atom. The van der Waals surface area contributed by atoms with Crippen molar-refractivity contribution in [2.75, 3.05) is 0 Å². The van der Waals surface area contributed by atoms with E-state index in [-0.39, 0.29) is 0 Å². The molecular formula is C11H20O. The fraction of sp³-hybridized carbons (Fsp3) is 0.909. The van der Waals surface area contributed by atoms with Gasteiger partial charge in [0.05, 0.1) is 0 Å². The van der Waals surface area contributed by atoms with Crippen LogP contribution in [-0.4, -0.2) is 5.78 Å². The van der Waals surface area contributed by atoms with Crippen LogP contribution in [0.5, 0.6) is 0 Å². The molecule has 1 saturated carbocycles. The summed E-state index contributed by atoms with van der Waals surface area (Å²) in [6, 6.07) is 0. The average Bonchev–Trinajstić information content (AvgIpc) is 2.47. The molecule has 70 valence electrons. The lowest BCUT2D eigenvalue weighted by Gasteiger charge is -2.13. The summed E-state index contributed by atoms with van der Waals surface area (Å²) >= 11 is 0. The highest BCUT2D eigenvalue weighted by Gasteiger charge is 2.23. The van der Waals surface area contributed by atoms with E-state index in [1.54, 1.807) is 0 Å². The van der Waals surface area contributed by atoms with Gasteiger partial charge in [0.25, 0.3) is 0 Å². The van der Waals surface area contributed by atoms with Gasteiger partial charge in [-0.3, -0.25) is 4.79 Å². The Kier molecular flexibility index (Phi) is 3.77. The van der Waals surface area contributed by atoms with Crippen molar-refractivity contribution in [3.05, 3.63) is 0 Å². The highest BCUT2D eigenvalue weighted by Crippen LogP contribution is 2.34. The predicted molar refractivity (Wildman–Crippen MR) is 51.0 cm³/mol. The monoisotopic (exact) mass is 168 g/mol. The molecule has 1 aliphatic rings. The first kappa shape index (κ1) is 9.76. The number of carbonyl (C=O) groups excluding carboxylic acids is 1.